The monoisotopic (exact) mass is 440 g/mol. The maximum absolute atomic E-state index is 13.5. The van der Waals surface area contributed by atoms with Crippen molar-refractivity contribution in [3.63, 3.8) is 0 Å². The van der Waals surface area contributed by atoms with Gasteiger partial charge in [0.2, 0.25) is 0 Å². The highest BCUT2D eigenvalue weighted by Gasteiger charge is 2.29. The summed E-state index contributed by atoms with van der Waals surface area (Å²) in [5.41, 5.74) is 2.94. The predicted molar refractivity (Wildman–Crippen MR) is 130 cm³/mol. The van der Waals surface area contributed by atoms with Crippen molar-refractivity contribution in [2.75, 3.05) is 0 Å². The molecule has 0 aliphatic rings. The van der Waals surface area contributed by atoms with E-state index in [9.17, 15) is 15.0 Å². The molecule has 1 heterocycles. The van der Waals surface area contributed by atoms with E-state index in [1.54, 1.807) is 24.3 Å². The van der Waals surface area contributed by atoms with Crippen molar-refractivity contribution in [2.24, 2.45) is 7.05 Å². The largest absolute Gasteiger partial charge is 0.508 e. The third-order valence-corrected chi connectivity index (χ3v) is 7.98. The summed E-state index contributed by atoms with van der Waals surface area (Å²) in [6, 6.07) is 26.2. The number of phenols is 2. The lowest BCUT2D eigenvalue weighted by Crippen LogP contribution is -2.12. The molecule has 5 heteroatoms. The fourth-order valence-electron chi connectivity index (χ4n) is 4.24. The number of hydrogen-bond acceptors (Lipinski definition) is 3. The van der Waals surface area contributed by atoms with Gasteiger partial charge < -0.3 is 14.8 Å². The van der Waals surface area contributed by atoms with E-state index >= 15 is 0 Å². The van der Waals surface area contributed by atoms with Crippen molar-refractivity contribution in [2.45, 2.75) is 21.6 Å². The van der Waals surface area contributed by atoms with Gasteiger partial charge in [0.05, 0.1) is 27.3 Å². The second-order valence-electron chi connectivity index (χ2n) is 7.83. The van der Waals surface area contributed by atoms with Gasteiger partial charge in [0.25, 0.3) is 0 Å². The Morgan fingerprint density at radius 1 is 0.719 bits per heavy atom. The van der Waals surface area contributed by atoms with E-state index in [1.807, 2.05) is 68.6 Å². The van der Waals surface area contributed by atoms with Gasteiger partial charge in [0.1, 0.15) is 11.5 Å². The molecule has 5 aromatic rings. The zero-order chi connectivity index (χ0) is 22.4. The Bertz CT molecular complexity index is 1470. The van der Waals surface area contributed by atoms with Crippen LogP contribution in [0.25, 0.3) is 21.8 Å². The third-order valence-electron chi connectivity index (χ3n) is 5.77. The van der Waals surface area contributed by atoms with E-state index in [2.05, 4.69) is 10.6 Å². The average Bonchev–Trinajstić information content (AvgIpc) is 2.80. The fourth-order valence-corrected chi connectivity index (χ4v) is 6.31. The smallest absolute Gasteiger partial charge is 0.197 e. The molecule has 0 saturated heterocycles. The number of phenolic OH excluding ortho intramolecular Hbond substituents is 2. The second-order valence-corrected chi connectivity index (χ2v) is 9.86. The molecule has 4 aromatic carbocycles. The number of fused-ring (bicyclic) bond motifs is 2. The Morgan fingerprint density at radius 2 is 1.28 bits per heavy atom. The number of nitrogens with zero attached hydrogens (tertiary/aromatic N) is 1. The summed E-state index contributed by atoms with van der Waals surface area (Å²) >= 11 is 0. The molecule has 0 unspecified atom stereocenters. The number of para-hydroxylation sites is 1. The number of hydrogen-bond donors (Lipinski definition) is 2. The normalized spacial score (nSPS) is 11.5. The van der Waals surface area contributed by atoms with Crippen LogP contribution in [0.15, 0.2) is 104 Å². The Kier molecular flexibility index (Phi) is 4.91. The minimum absolute atomic E-state index is 0.0265. The van der Waals surface area contributed by atoms with E-state index in [1.165, 1.54) is 0 Å². The van der Waals surface area contributed by atoms with Gasteiger partial charge >= 0.3 is 0 Å². The van der Waals surface area contributed by atoms with Crippen LogP contribution in [0.1, 0.15) is 5.56 Å². The van der Waals surface area contributed by atoms with Crippen LogP contribution in [0, 0.1) is 6.92 Å². The van der Waals surface area contributed by atoms with E-state index < -0.39 is 10.9 Å². The standard InChI is InChI=1S/C27H21NO3S/c1-17-4-3-5-23-26(17)28(2)25-15-14-22(16-24(25)27(23)31)32(20-10-6-18(29)7-11-20)21-12-8-19(30)9-13-21/h3-16H,1-2H3,(H-,29,30)/p+1. The Morgan fingerprint density at radius 3 is 1.88 bits per heavy atom. The molecule has 0 bridgehead atoms. The number of aromatic nitrogens is 1. The number of aromatic hydroxyl groups is 2. The van der Waals surface area contributed by atoms with Crippen LogP contribution in [0.5, 0.6) is 11.5 Å². The van der Waals surface area contributed by atoms with Crippen LogP contribution in [0.2, 0.25) is 0 Å². The molecule has 1 aromatic heterocycles. The minimum atomic E-state index is -0.511. The van der Waals surface area contributed by atoms with Gasteiger partial charge in [-0.15, -0.1) is 0 Å². The minimum Gasteiger partial charge on any atom is -0.508 e. The van der Waals surface area contributed by atoms with E-state index in [0.717, 1.165) is 31.3 Å². The maximum atomic E-state index is 13.5. The van der Waals surface area contributed by atoms with Crippen LogP contribution in [-0.4, -0.2) is 14.8 Å². The molecule has 0 radical (unpaired) electrons. The lowest BCUT2D eigenvalue weighted by atomic mass is 10.1. The number of benzene rings is 4. The quantitative estimate of drug-likeness (QED) is 0.287. The molecule has 4 nitrogen and oxygen atoms in total. The Hall–Kier alpha value is -3.70. The number of aryl methyl sites for hydroxylation is 2. The first-order valence-corrected chi connectivity index (χ1v) is 11.5. The molecule has 0 atom stereocenters. The van der Waals surface area contributed by atoms with E-state index in [0.29, 0.717) is 10.8 Å². The number of pyridine rings is 1. The maximum Gasteiger partial charge on any atom is 0.197 e. The van der Waals surface area contributed by atoms with E-state index in [-0.39, 0.29) is 16.9 Å². The van der Waals surface area contributed by atoms with Crippen LogP contribution >= 0.6 is 0 Å². The predicted octanol–water partition coefficient (Wildman–Crippen LogP) is 5.51. The summed E-state index contributed by atoms with van der Waals surface area (Å²) in [5, 5.41) is 20.9. The molecular formula is C27H22NO3S+. The summed E-state index contributed by atoms with van der Waals surface area (Å²) in [6.07, 6.45) is 0. The third kappa shape index (κ3) is 3.31. The molecule has 0 saturated carbocycles. The highest BCUT2D eigenvalue weighted by Crippen LogP contribution is 2.34. The molecule has 0 spiro atoms. The van der Waals surface area contributed by atoms with Crippen molar-refractivity contribution in [1.29, 1.82) is 0 Å². The highest BCUT2D eigenvalue weighted by atomic mass is 32.2. The summed E-state index contributed by atoms with van der Waals surface area (Å²) in [6.45, 7) is 2.02. The van der Waals surface area contributed by atoms with Crippen LogP contribution in [-0.2, 0) is 17.9 Å². The van der Waals surface area contributed by atoms with Gasteiger partial charge in [0.15, 0.2) is 20.1 Å². The van der Waals surface area contributed by atoms with Gasteiger partial charge in [-0.25, -0.2) is 0 Å². The lowest BCUT2D eigenvalue weighted by molar-refractivity contribution is 0.474. The van der Waals surface area contributed by atoms with Crippen molar-refractivity contribution in [3.05, 3.63) is 101 Å². The van der Waals surface area contributed by atoms with Gasteiger partial charge in [-0.2, -0.15) is 0 Å². The summed E-state index contributed by atoms with van der Waals surface area (Å²) < 4.78 is 2.09. The van der Waals surface area contributed by atoms with Crippen molar-refractivity contribution >= 4 is 32.7 Å². The average molecular weight is 441 g/mol. The highest BCUT2D eigenvalue weighted by molar-refractivity contribution is 7.97. The van der Waals surface area contributed by atoms with Gasteiger partial charge in [-0.1, -0.05) is 12.1 Å². The SMILES string of the molecule is Cc1cccc2c(=O)c3cc([S+](c4ccc(O)cc4)c4ccc(O)cc4)ccc3n(C)c12. The van der Waals surface area contributed by atoms with Crippen LogP contribution < -0.4 is 5.43 Å². The Labute approximate surface area is 188 Å². The van der Waals surface area contributed by atoms with Crippen LogP contribution in [0.3, 0.4) is 0 Å². The van der Waals surface area contributed by atoms with Crippen molar-refractivity contribution in [1.82, 2.24) is 4.57 Å². The summed E-state index contributed by atoms with van der Waals surface area (Å²) in [4.78, 5) is 16.5. The van der Waals surface area contributed by atoms with Crippen LogP contribution in [0.4, 0.5) is 0 Å². The zero-order valence-electron chi connectivity index (χ0n) is 17.7. The molecule has 32 heavy (non-hydrogen) atoms. The molecule has 0 aliphatic carbocycles. The van der Waals surface area contributed by atoms with Crippen molar-refractivity contribution in [3.8, 4) is 11.5 Å². The number of rotatable bonds is 3. The van der Waals surface area contributed by atoms with E-state index in [4.69, 9.17) is 0 Å². The summed E-state index contributed by atoms with van der Waals surface area (Å²) in [5.74, 6) is 0.412. The van der Waals surface area contributed by atoms with Gasteiger partial charge in [0, 0.05) is 18.5 Å². The second kappa shape index (κ2) is 7.77. The molecule has 0 amide bonds. The first kappa shape index (κ1) is 20.2. The topological polar surface area (TPSA) is 62.5 Å². The van der Waals surface area contributed by atoms with Gasteiger partial charge in [-0.3, -0.25) is 4.79 Å². The zero-order valence-corrected chi connectivity index (χ0v) is 18.6. The molecule has 5 rings (SSSR count). The summed E-state index contributed by atoms with van der Waals surface area (Å²) in [7, 11) is 1.49. The molecule has 0 fully saturated rings. The molecule has 158 valence electrons. The first-order chi connectivity index (χ1) is 15.4. The lowest BCUT2D eigenvalue weighted by Gasteiger charge is -2.14. The van der Waals surface area contributed by atoms with Crippen molar-refractivity contribution < 1.29 is 10.2 Å². The van der Waals surface area contributed by atoms with Gasteiger partial charge in [-0.05, 0) is 79.2 Å². The molecule has 2 N–H and O–H groups in total. The Balaban J connectivity index is 1.78. The molecular weight excluding hydrogens is 418 g/mol. The first-order valence-electron chi connectivity index (χ1n) is 10.3. The fraction of sp³-hybridized carbons (Fsp3) is 0.0741. The molecule has 0 aliphatic heterocycles.